The first-order valence-electron chi connectivity index (χ1n) is 11.6. The molecule has 1 aliphatic rings. The number of nitrogens with one attached hydrogen (secondary N) is 1. The van der Waals surface area contributed by atoms with Gasteiger partial charge in [0.2, 0.25) is 11.8 Å². The Kier molecular flexibility index (Phi) is 7.32. The highest BCUT2D eigenvalue weighted by Gasteiger charge is 2.41. The number of carbonyl (C=O) groups excluding carboxylic acids is 2. The van der Waals surface area contributed by atoms with Gasteiger partial charge in [-0.15, -0.1) is 11.3 Å². The fraction of sp³-hybridized carbons (Fsp3) is 0.440. The minimum Gasteiger partial charge on any atom is -0.391 e. The number of aliphatic hydroxyl groups is 1. The highest BCUT2D eigenvalue weighted by atomic mass is 32.1. The summed E-state index contributed by atoms with van der Waals surface area (Å²) in [5.74, 6) is -0.657. The molecule has 2 aromatic heterocycles. The Hall–Kier alpha value is -3.11. The number of nitrogens with zero attached hydrogens (tertiary/aromatic N) is 4. The summed E-state index contributed by atoms with van der Waals surface area (Å²) in [6.45, 7) is 7.16. The number of thiazole rings is 1. The Morgan fingerprint density at radius 3 is 2.57 bits per heavy atom. The van der Waals surface area contributed by atoms with E-state index in [1.165, 1.54) is 16.5 Å². The first kappa shape index (κ1) is 25.0. The fourth-order valence-corrected chi connectivity index (χ4v) is 5.22. The second kappa shape index (κ2) is 10.2. The monoisotopic (exact) mass is 499 g/mol. The quantitative estimate of drug-likeness (QED) is 0.518. The minimum absolute atomic E-state index is 0.0663. The van der Waals surface area contributed by atoms with E-state index in [9.17, 15) is 19.1 Å². The smallest absolute Gasteiger partial charge is 0.247 e. The van der Waals surface area contributed by atoms with Crippen LogP contribution in [0.25, 0.3) is 10.4 Å². The van der Waals surface area contributed by atoms with Gasteiger partial charge < -0.3 is 15.3 Å². The minimum atomic E-state index is -1.25. The summed E-state index contributed by atoms with van der Waals surface area (Å²) in [5.41, 5.74) is 5.71. The van der Waals surface area contributed by atoms with E-state index in [1.807, 2.05) is 36.7 Å². The molecule has 0 bridgehead atoms. The van der Waals surface area contributed by atoms with Crippen molar-refractivity contribution < 1.29 is 19.1 Å². The van der Waals surface area contributed by atoms with Crippen LogP contribution in [0.2, 0.25) is 0 Å². The molecule has 10 heteroatoms. The number of likely N-dealkylation sites (tertiary alicyclic amines) is 1. The summed E-state index contributed by atoms with van der Waals surface area (Å²) >= 11 is 1.58. The molecule has 1 aromatic carbocycles. The van der Waals surface area contributed by atoms with Crippen molar-refractivity contribution in [2.45, 2.75) is 65.0 Å². The summed E-state index contributed by atoms with van der Waals surface area (Å²) in [7, 11) is 0. The van der Waals surface area contributed by atoms with Gasteiger partial charge in [0.15, 0.2) is 0 Å². The van der Waals surface area contributed by atoms with Gasteiger partial charge in [-0.2, -0.15) is 5.10 Å². The molecule has 1 fully saturated rings. The van der Waals surface area contributed by atoms with Crippen LogP contribution in [0.5, 0.6) is 0 Å². The molecule has 35 heavy (non-hydrogen) atoms. The molecule has 3 heterocycles. The molecule has 0 saturated carbocycles. The van der Waals surface area contributed by atoms with Crippen LogP contribution >= 0.6 is 11.3 Å². The molecule has 0 spiro atoms. The molecule has 3 aromatic rings. The first-order valence-corrected chi connectivity index (χ1v) is 12.5. The molecule has 2 amide bonds. The van der Waals surface area contributed by atoms with Crippen LogP contribution in [-0.2, 0) is 16.1 Å². The van der Waals surface area contributed by atoms with E-state index in [0.717, 1.165) is 21.7 Å². The van der Waals surface area contributed by atoms with Crippen LogP contribution in [0.4, 0.5) is 4.39 Å². The number of aliphatic hydroxyl groups excluding tert-OH is 1. The highest BCUT2D eigenvalue weighted by molar-refractivity contribution is 7.13. The molecule has 1 saturated heterocycles. The molecular weight excluding hydrogens is 469 g/mol. The van der Waals surface area contributed by atoms with Gasteiger partial charge >= 0.3 is 0 Å². The number of carbonyl (C=O) groups is 2. The Morgan fingerprint density at radius 2 is 1.97 bits per heavy atom. The van der Waals surface area contributed by atoms with E-state index in [2.05, 4.69) is 15.4 Å². The molecule has 2 N–H and O–H groups in total. The van der Waals surface area contributed by atoms with E-state index < -0.39 is 24.4 Å². The third-order valence-electron chi connectivity index (χ3n) is 6.37. The molecule has 4 unspecified atom stereocenters. The van der Waals surface area contributed by atoms with Crippen molar-refractivity contribution in [2.24, 2.45) is 0 Å². The van der Waals surface area contributed by atoms with E-state index in [-0.39, 0.29) is 30.5 Å². The van der Waals surface area contributed by atoms with Crippen molar-refractivity contribution in [2.75, 3.05) is 6.54 Å². The van der Waals surface area contributed by atoms with E-state index in [0.29, 0.717) is 12.2 Å². The SMILES string of the molecule is Cc1ncsc1-c1ccc(CNC(=O)C2CC(O)CN2C(=O)C(C)n2nc(C(C)F)cc2C)cc1. The lowest BCUT2D eigenvalue weighted by Gasteiger charge is -2.27. The van der Waals surface area contributed by atoms with Crippen molar-refractivity contribution in [3.8, 4) is 10.4 Å². The first-order chi connectivity index (χ1) is 16.7. The number of β-amino-alcohol motifs (C(OH)–C–C–N with tert-alkyl or cyclic N) is 1. The number of hydrogen-bond donors (Lipinski definition) is 2. The Labute approximate surface area is 207 Å². The van der Waals surface area contributed by atoms with E-state index in [4.69, 9.17) is 0 Å². The van der Waals surface area contributed by atoms with E-state index >= 15 is 0 Å². The maximum absolute atomic E-state index is 13.7. The number of aryl methyl sites for hydroxylation is 2. The van der Waals surface area contributed by atoms with Crippen LogP contribution in [0.1, 0.15) is 55.1 Å². The molecule has 0 radical (unpaired) electrons. The van der Waals surface area contributed by atoms with Crippen LogP contribution < -0.4 is 5.32 Å². The molecule has 4 atom stereocenters. The van der Waals surface area contributed by atoms with Gasteiger partial charge in [-0.05, 0) is 44.9 Å². The lowest BCUT2D eigenvalue weighted by Crippen LogP contribution is -2.47. The summed E-state index contributed by atoms with van der Waals surface area (Å²) in [5, 5.41) is 17.4. The van der Waals surface area contributed by atoms with Gasteiger partial charge in [0, 0.05) is 25.2 Å². The summed E-state index contributed by atoms with van der Waals surface area (Å²) in [6.07, 6.45) is -1.87. The van der Waals surface area contributed by atoms with Gasteiger partial charge in [-0.25, -0.2) is 9.37 Å². The van der Waals surface area contributed by atoms with E-state index in [1.54, 1.807) is 31.3 Å². The fourth-order valence-electron chi connectivity index (χ4n) is 4.41. The lowest BCUT2D eigenvalue weighted by atomic mass is 10.1. The Balaban J connectivity index is 1.41. The van der Waals surface area contributed by atoms with Crippen molar-refractivity contribution in [1.82, 2.24) is 25.0 Å². The second-order valence-corrected chi connectivity index (χ2v) is 9.88. The highest BCUT2D eigenvalue weighted by Crippen LogP contribution is 2.28. The van der Waals surface area contributed by atoms with Gasteiger partial charge in [0.25, 0.3) is 0 Å². The average molecular weight is 500 g/mol. The molecular formula is C25H30FN5O3S. The van der Waals surface area contributed by atoms with Crippen molar-refractivity contribution >= 4 is 23.2 Å². The number of alkyl halides is 1. The zero-order valence-corrected chi connectivity index (χ0v) is 21.1. The number of amides is 2. The Morgan fingerprint density at radius 1 is 1.26 bits per heavy atom. The maximum Gasteiger partial charge on any atom is 0.247 e. The third-order valence-corrected chi connectivity index (χ3v) is 7.34. The molecule has 4 rings (SSSR count). The van der Waals surface area contributed by atoms with Crippen molar-refractivity contribution in [3.63, 3.8) is 0 Å². The van der Waals surface area contributed by atoms with Crippen molar-refractivity contribution in [3.05, 3.63) is 58.5 Å². The van der Waals surface area contributed by atoms with Gasteiger partial charge in [0.05, 0.1) is 27.9 Å². The second-order valence-electron chi connectivity index (χ2n) is 9.02. The summed E-state index contributed by atoms with van der Waals surface area (Å²) in [4.78, 5) is 33.1. The molecule has 1 aliphatic heterocycles. The predicted octanol–water partition coefficient (Wildman–Crippen LogP) is 3.49. The van der Waals surface area contributed by atoms with Crippen molar-refractivity contribution in [1.29, 1.82) is 0 Å². The zero-order valence-electron chi connectivity index (χ0n) is 20.2. The van der Waals surface area contributed by atoms with Gasteiger partial charge in [-0.3, -0.25) is 14.3 Å². The number of rotatable bonds is 7. The van der Waals surface area contributed by atoms with Crippen LogP contribution in [-0.4, -0.2) is 55.3 Å². The van der Waals surface area contributed by atoms with Gasteiger partial charge in [0.1, 0.15) is 18.3 Å². The lowest BCUT2D eigenvalue weighted by molar-refractivity contribution is -0.141. The van der Waals surface area contributed by atoms with Gasteiger partial charge in [-0.1, -0.05) is 24.3 Å². The normalized spacial score (nSPS) is 19.5. The number of benzene rings is 1. The Bertz CT molecular complexity index is 1210. The van der Waals surface area contributed by atoms with Crippen LogP contribution in [0.3, 0.4) is 0 Å². The molecule has 0 aliphatic carbocycles. The maximum atomic E-state index is 13.7. The summed E-state index contributed by atoms with van der Waals surface area (Å²) in [6, 6.07) is 8.00. The molecule has 8 nitrogen and oxygen atoms in total. The number of aromatic nitrogens is 3. The van der Waals surface area contributed by atoms with Crippen LogP contribution in [0, 0.1) is 13.8 Å². The standard InChI is InChI=1S/C25H30FN5O3S/c1-14-9-21(15(2)26)29-31(14)17(4)25(34)30-12-20(32)10-22(30)24(33)27-11-18-5-7-19(8-6-18)23-16(3)28-13-35-23/h5-9,13,15,17,20,22,32H,10-12H2,1-4H3,(H,27,33). The third kappa shape index (κ3) is 5.28. The number of halogens is 1. The number of hydrogen-bond acceptors (Lipinski definition) is 6. The topological polar surface area (TPSA) is 100 Å². The molecule has 186 valence electrons. The average Bonchev–Trinajstić information content (AvgIpc) is 3.55. The zero-order chi connectivity index (χ0) is 25.3. The summed E-state index contributed by atoms with van der Waals surface area (Å²) < 4.78 is 15.2. The largest absolute Gasteiger partial charge is 0.391 e. The van der Waals surface area contributed by atoms with Crippen LogP contribution in [0.15, 0.2) is 35.8 Å². The predicted molar refractivity (Wildman–Crippen MR) is 131 cm³/mol.